The smallest absolute Gasteiger partial charge is 0.0703 e. The summed E-state index contributed by atoms with van der Waals surface area (Å²) in [6.45, 7) is 3.25. The van der Waals surface area contributed by atoms with Crippen LogP contribution in [0.3, 0.4) is 0 Å². The summed E-state index contributed by atoms with van der Waals surface area (Å²) in [6, 6.07) is 0. The first kappa shape index (κ1) is 4.77. The standard InChI is InChI=1S/C6H11NO/c1-5-2-7-3-6(1)8-4-5/h5-7H,1-4H2. The molecule has 0 aliphatic carbocycles. The van der Waals surface area contributed by atoms with E-state index in [0.717, 1.165) is 19.1 Å². The molecular weight excluding hydrogens is 102 g/mol. The molecule has 0 saturated carbocycles. The molecule has 2 heterocycles. The zero-order valence-electron chi connectivity index (χ0n) is 4.89. The van der Waals surface area contributed by atoms with Crippen molar-refractivity contribution in [2.75, 3.05) is 19.7 Å². The van der Waals surface area contributed by atoms with Crippen LogP contribution in [0.25, 0.3) is 0 Å². The van der Waals surface area contributed by atoms with E-state index in [-0.39, 0.29) is 0 Å². The molecule has 2 fully saturated rings. The van der Waals surface area contributed by atoms with Gasteiger partial charge in [0.2, 0.25) is 0 Å². The summed E-state index contributed by atoms with van der Waals surface area (Å²) in [7, 11) is 0. The lowest BCUT2D eigenvalue weighted by Crippen LogP contribution is -2.34. The molecule has 0 spiro atoms. The Bertz CT molecular complexity index is 80.5. The van der Waals surface area contributed by atoms with Gasteiger partial charge in [0.1, 0.15) is 0 Å². The van der Waals surface area contributed by atoms with E-state index in [1.165, 1.54) is 13.0 Å². The predicted octanol–water partition coefficient (Wildman–Crippen LogP) is -0.00530. The summed E-state index contributed by atoms with van der Waals surface area (Å²) < 4.78 is 5.41. The monoisotopic (exact) mass is 113 g/mol. The van der Waals surface area contributed by atoms with E-state index in [1.807, 2.05) is 0 Å². The Kier molecular flexibility index (Phi) is 1.02. The van der Waals surface area contributed by atoms with Crippen molar-refractivity contribution in [1.29, 1.82) is 0 Å². The van der Waals surface area contributed by atoms with Crippen molar-refractivity contribution in [3.8, 4) is 0 Å². The van der Waals surface area contributed by atoms with Crippen molar-refractivity contribution < 1.29 is 4.74 Å². The molecule has 2 nitrogen and oxygen atoms in total. The van der Waals surface area contributed by atoms with Crippen LogP contribution in [-0.4, -0.2) is 25.8 Å². The molecule has 2 aliphatic heterocycles. The van der Waals surface area contributed by atoms with Gasteiger partial charge >= 0.3 is 0 Å². The van der Waals surface area contributed by atoms with Gasteiger partial charge < -0.3 is 10.1 Å². The van der Waals surface area contributed by atoms with Gasteiger partial charge in [0.05, 0.1) is 12.7 Å². The van der Waals surface area contributed by atoms with Crippen molar-refractivity contribution in [2.45, 2.75) is 12.5 Å². The van der Waals surface area contributed by atoms with Crippen LogP contribution in [0.15, 0.2) is 0 Å². The average Bonchev–Trinajstić information content (AvgIpc) is 2.12. The first-order chi connectivity index (χ1) is 3.95. The zero-order chi connectivity index (χ0) is 5.40. The van der Waals surface area contributed by atoms with E-state index in [1.54, 1.807) is 0 Å². The molecule has 0 radical (unpaired) electrons. The van der Waals surface area contributed by atoms with Gasteiger partial charge in [0.15, 0.2) is 0 Å². The second-order valence-electron chi connectivity index (χ2n) is 2.72. The fourth-order valence-corrected chi connectivity index (χ4v) is 1.51. The predicted molar refractivity (Wildman–Crippen MR) is 30.7 cm³/mol. The molecule has 2 heteroatoms. The average molecular weight is 113 g/mol. The highest BCUT2D eigenvalue weighted by atomic mass is 16.5. The Morgan fingerprint density at radius 2 is 2.38 bits per heavy atom. The first-order valence-electron chi connectivity index (χ1n) is 3.27. The number of fused-ring (bicyclic) bond motifs is 2. The summed E-state index contributed by atoms with van der Waals surface area (Å²) in [5.41, 5.74) is 0. The molecule has 1 N–H and O–H groups in total. The molecule has 0 aromatic carbocycles. The highest BCUT2D eigenvalue weighted by molar-refractivity contribution is 4.81. The van der Waals surface area contributed by atoms with Crippen LogP contribution in [-0.2, 0) is 4.74 Å². The molecule has 0 aromatic heterocycles. The second kappa shape index (κ2) is 1.71. The van der Waals surface area contributed by atoms with Gasteiger partial charge in [-0.05, 0) is 12.3 Å². The number of hydrogen-bond acceptors (Lipinski definition) is 2. The van der Waals surface area contributed by atoms with Crippen LogP contribution in [0.2, 0.25) is 0 Å². The second-order valence-corrected chi connectivity index (χ2v) is 2.72. The number of piperidine rings is 1. The first-order valence-corrected chi connectivity index (χ1v) is 3.27. The van der Waals surface area contributed by atoms with Crippen LogP contribution in [0.1, 0.15) is 6.42 Å². The Balaban J connectivity index is 2.03. The molecule has 0 amide bonds. The largest absolute Gasteiger partial charge is 0.377 e. The molecule has 2 unspecified atom stereocenters. The van der Waals surface area contributed by atoms with Gasteiger partial charge in [-0.15, -0.1) is 0 Å². The maximum absolute atomic E-state index is 5.41. The van der Waals surface area contributed by atoms with E-state index < -0.39 is 0 Å². The Hall–Kier alpha value is -0.0800. The highest BCUT2D eigenvalue weighted by Gasteiger charge is 2.28. The summed E-state index contributed by atoms with van der Waals surface area (Å²) in [5.74, 6) is 0.828. The summed E-state index contributed by atoms with van der Waals surface area (Å²) in [6.07, 6.45) is 1.85. The van der Waals surface area contributed by atoms with Crippen LogP contribution in [0.4, 0.5) is 0 Å². The van der Waals surface area contributed by atoms with Gasteiger partial charge in [-0.2, -0.15) is 0 Å². The van der Waals surface area contributed by atoms with Crippen molar-refractivity contribution in [3.63, 3.8) is 0 Å². The maximum Gasteiger partial charge on any atom is 0.0703 e. The summed E-state index contributed by atoms with van der Waals surface area (Å²) in [4.78, 5) is 0. The molecule has 2 bridgehead atoms. The van der Waals surface area contributed by atoms with Crippen molar-refractivity contribution in [3.05, 3.63) is 0 Å². The Morgan fingerprint density at radius 3 is 3.12 bits per heavy atom. The van der Waals surface area contributed by atoms with Crippen molar-refractivity contribution >= 4 is 0 Å². The van der Waals surface area contributed by atoms with Gasteiger partial charge in [-0.25, -0.2) is 0 Å². The maximum atomic E-state index is 5.41. The molecule has 2 atom stereocenters. The highest BCUT2D eigenvalue weighted by Crippen LogP contribution is 2.21. The van der Waals surface area contributed by atoms with Gasteiger partial charge in [0, 0.05) is 13.1 Å². The number of hydrogen-bond donors (Lipinski definition) is 1. The lowest BCUT2D eigenvalue weighted by Gasteiger charge is -2.16. The minimum atomic E-state index is 0.550. The molecular formula is C6H11NO. The van der Waals surface area contributed by atoms with Crippen LogP contribution in [0.5, 0.6) is 0 Å². The van der Waals surface area contributed by atoms with Gasteiger partial charge in [0.25, 0.3) is 0 Å². The molecule has 2 aliphatic rings. The third-order valence-electron chi connectivity index (χ3n) is 1.97. The molecule has 2 saturated heterocycles. The fraction of sp³-hybridized carbons (Fsp3) is 1.00. The lowest BCUT2D eigenvalue weighted by atomic mass is 10.0. The van der Waals surface area contributed by atoms with Crippen molar-refractivity contribution in [1.82, 2.24) is 5.32 Å². The fourth-order valence-electron chi connectivity index (χ4n) is 1.51. The Labute approximate surface area is 49.2 Å². The van der Waals surface area contributed by atoms with E-state index in [2.05, 4.69) is 5.32 Å². The quantitative estimate of drug-likeness (QED) is 0.477. The van der Waals surface area contributed by atoms with Gasteiger partial charge in [-0.3, -0.25) is 0 Å². The van der Waals surface area contributed by atoms with Crippen molar-refractivity contribution in [2.24, 2.45) is 5.92 Å². The number of nitrogens with one attached hydrogen (secondary N) is 1. The van der Waals surface area contributed by atoms with Crippen LogP contribution < -0.4 is 5.32 Å². The summed E-state index contributed by atoms with van der Waals surface area (Å²) >= 11 is 0. The molecule has 46 valence electrons. The topological polar surface area (TPSA) is 21.3 Å². The minimum Gasteiger partial charge on any atom is -0.377 e. The third kappa shape index (κ3) is 0.644. The molecule has 0 aromatic rings. The van der Waals surface area contributed by atoms with E-state index in [0.29, 0.717) is 6.10 Å². The van der Waals surface area contributed by atoms with Crippen LogP contribution >= 0.6 is 0 Å². The Morgan fingerprint density at radius 1 is 1.38 bits per heavy atom. The molecule has 2 rings (SSSR count). The van der Waals surface area contributed by atoms with E-state index in [4.69, 9.17) is 4.74 Å². The van der Waals surface area contributed by atoms with E-state index >= 15 is 0 Å². The van der Waals surface area contributed by atoms with Gasteiger partial charge in [-0.1, -0.05) is 0 Å². The van der Waals surface area contributed by atoms with E-state index in [9.17, 15) is 0 Å². The SMILES string of the molecule is C1NCC2CC1CO2. The molecule has 8 heavy (non-hydrogen) atoms. The normalized spacial score (nSPS) is 45.0. The third-order valence-corrected chi connectivity index (χ3v) is 1.97. The lowest BCUT2D eigenvalue weighted by molar-refractivity contribution is 0.116. The zero-order valence-corrected chi connectivity index (χ0v) is 4.89. The number of ether oxygens (including phenoxy) is 1. The van der Waals surface area contributed by atoms with Crippen LogP contribution in [0, 0.1) is 5.92 Å². The number of rotatable bonds is 0. The summed E-state index contributed by atoms with van der Waals surface area (Å²) in [5, 5.41) is 3.32. The minimum absolute atomic E-state index is 0.550.